The summed E-state index contributed by atoms with van der Waals surface area (Å²) >= 11 is 0. The molecular formula is C17H20N4O4. The Morgan fingerprint density at radius 1 is 1.32 bits per heavy atom. The lowest BCUT2D eigenvalue weighted by Gasteiger charge is -2.11. The maximum atomic E-state index is 11.8. The number of benzene rings is 1. The molecule has 2 N–H and O–H groups in total. The fourth-order valence-corrected chi connectivity index (χ4v) is 3.12. The van der Waals surface area contributed by atoms with E-state index in [1.807, 2.05) is 37.4 Å². The summed E-state index contributed by atoms with van der Waals surface area (Å²) in [6.45, 7) is 0.713. The van der Waals surface area contributed by atoms with Gasteiger partial charge >= 0.3 is 0 Å². The second-order valence-corrected chi connectivity index (χ2v) is 6.30. The summed E-state index contributed by atoms with van der Waals surface area (Å²) in [5, 5.41) is 17.3. The van der Waals surface area contributed by atoms with Gasteiger partial charge in [0.2, 0.25) is 11.7 Å². The van der Waals surface area contributed by atoms with Crippen LogP contribution in [0.5, 0.6) is 0 Å². The molecule has 1 aromatic heterocycles. The molecule has 1 aromatic carbocycles. The number of nitrogens with zero attached hydrogens (tertiary/aromatic N) is 2. The Balaban J connectivity index is 1.61. The Hall–Kier alpha value is -2.74. The van der Waals surface area contributed by atoms with Crippen LogP contribution in [-0.4, -0.2) is 41.7 Å². The number of carbonyl (C=O) groups excluding carboxylic acids is 2. The summed E-state index contributed by atoms with van der Waals surface area (Å²) in [4.78, 5) is 27.9. The molecule has 0 radical (unpaired) electrons. The number of amides is 1. The third kappa shape index (κ3) is 4.21. The Bertz CT molecular complexity index is 746. The SMILES string of the molecule is C[NH+]1C[C@@H](NC(=O)CCC(=O)[O-])C[C@H]1c1nc(-c2ccccc2)no1. The van der Waals surface area contributed by atoms with Gasteiger partial charge in [0.05, 0.1) is 19.6 Å². The van der Waals surface area contributed by atoms with Crippen molar-refractivity contribution in [2.75, 3.05) is 13.6 Å². The molecule has 1 saturated heterocycles. The minimum absolute atomic E-state index is 0.00333. The van der Waals surface area contributed by atoms with E-state index in [9.17, 15) is 14.7 Å². The van der Waals surface area contributed by atoms with Crippen LogP contribution in [-0.2, 0) is 9.59 Å². The van der Waals surface area contributed by atoms with Gasteiger partial charge in [-0.1, -0.05) is 35.5 Å². The molecule has 8 nitrogen and oxygen atoms in total. The van der Waals surface area contributed by atoms with Gasteiger partial charge in [-0.05, 0) is 6.42 Å². The molecule has 1 amide bonds. The quantitative estimate of drug-likeness (QED) is 0.674. The average Bonchev–Trinajstić information content (AvgIpc) is 3.20. The van der Waals surface area contributed by atoms with Crippen molar-refractivity contribution in [1.29, 1.82) is 0 Å². The average molecular weight is 344 g/mol. The summed E-state index contributed by atoms with van der Waals surface area (Å²) in [7, 11) is 2.00. The normalized spacial score (nSPS) is 22.7. The molecule has 1 aliphatic heterocycles. The van der Waals surface area contributed by atoms with Gasteiger partial charge in [0.15, 0.2) is 6.04 Å². The lowest BCUT2D eigenvalue weighted by molar-refractivity contribution is -0.900. The first-order valence-corrected chi connectivity index (χ1v) is 8.23. The summed E-state index contributed by atoms with van der Waals surface area (Å²) in [6.07, 6.45) is 0.329. The van der Waals surface area contributed by atoms with Gasteiger partial charge in [-0.3, -0.25) is 4.79 Å². The van der Waals surface area contributed by atoms with Crippen molar-refractivity contribution in [1.82, 2.24) is 15.5 Å². The van der Waals surface area contributed by atoms with Crippen LogP contribution < -0.4 is 15.3 Å². The van der Waals surface area contributed by atoms with Gasteiger partial charge in [0, 0.05) is 24.4 Å². The van der Waals surface area contributed by atoms with Gasteiger partial charge in [-0.2, -0.15) is 4.98 Å². The summed E-state index contributed by atoms with van der Waals surface area (Å²) in [6, 6.07) is 9.53. The van der Waals surface area contributed by atoms with Crippen molar-refractivity contribution in [3.8, 4) is 11.4 Å². The van der Waals surface area contributed by atoms with Crippen molar-refractivity contribution in [3.63, 3.8) is 0 Å². The van der Waals surface area contributed by atoms with Gasteiger partial charge < -0.3 is 24.6 Å². The van der Waals surface area contributed by atoms with Crippen molar-refractivity contribution in [3.05, 3.63) is 36.2 Å². The molecule has 1 aliphatic rings. The maximum absolute atomic E-state index is 11.8. The van der Waals surface area contributed by atoms with Crippen LogP contribution in [0.4, 0.5) is 0 Å². The predicted molar refractivity (Wildman–Crippen MR) is 85.0 cm³/mol. The monoisotopic (exact) mass is 344 g/mol. The molecule has 3 atom stereocenters. The molecule has 3 rings (SSSR count). The second-order valence-electron chi connectivity index (χ2n) is 6.30. The van der Waals surface area contributed by atoms with E-state index in [1.165, 1.54) is 0 Å². The molecule has 2 heterocycles. The van der Waals surface area contributed by atoms with Crippen molar-refractivity contribution >= 4 is 11.9 Å². The Kier molecular flexibility index (Phi) is 5.08. The number of hydrogen-bond acceptors (Lipinski definition) is 6. The number of likely N-dealkylation sites (N-methyl/N-ethyl adjacent to an activating group) is 1. The predicted octanol–water partition coefficient (Wildman–Crippen LogP) is -1.29. The van der Waals surface area contributed by atoms with E-state index in [4.69, 9.17) is 4.52 Å². The molecule has 0 aliphatic carbocycles. The number of carboxylic acids is 1. The number of nitrogens with one attached hydrogen (secondary N) is 2. The number of carbonyl (C=O) groups is 2. The van der Waals surface area contributed by atoms with Gasteiger partial charge in [-0.15, -0.1) is 0 Å². The van der Waals surface area contributed by atoms with Crippen LogP contribution in [0.1, 0.15) is 31.2 Å². The van der Waals surface area contributed by atoms with E-state index >= 15 is 0 Å². The summed E-state index contributed by atoms with van der Waals surface area (Å²) < 4.78 is 5.43. The van der Waals surface area contributed by atoms with E-state index in [0.717, 1.165) is 10.5 Å². The lowest BCUT2D eigenvalue weighted by atomic mass is 10.1. The Morgan fingerprint density at radius 2 is 2.08 bits per heavy atom. The first-order chi connectivity index (χ1) is 12.0. The van der Waals surface area contributed by atoms with Crippen LogP contribution in [0.15, 0.2) is 34.9 Å². The minimum Gasteiger partial charge on any atom is -0.550 e. The number of hydrogen-bond donors (Lipinski definition) is 2. The fraction of sp³-hybridized carbons (Fsp3) is 0.412. The highest BCUT2D eigenvalue weighted by molar-refractivity contribution is 5.80. The first kappa shape index (κ1) is 17.1. The molecule has 0 spiro atoms. The van der Waals surface area contributed by atoms with Crippen molar-refractivity contribution < 1.29 is 24.1 Å². The zero-order valence-electron chi connectivity index (χ0n) is 13.9. The van der Waals surface area contributed by atoms with Crippen LogP contribution in [0.2, 0.25) is 0 Å². The van der Waals surface area contributed by atoms with E-state index < -0.39 is 5.97 Å². The van der Waals surface area contributed by atoms with Crippen LogP contribution >= 0.6 is 0 Å². The smallest absolute Gasteiger partial charge is 0.285 e. The minimum atomic E-state index is -1.22. The Labute approximate surface area is 144 Å². The van der Waals surface area contributed by atoms with Crippen LogP contribution in [0.25, 0.3) is 11.4 Å². The topological polar surface area (TPSA) is 113 Å². The van der Waals surface area contributed by atoms with Crippen molar-refractivity contribution in [2.24, 2.45) is 0 Å². The molecule has 1 unspecified atom stereocenters. The summed E-state index contributed by atoms with van der Waals surface area (Å²) in [5.74, 6) is -0.410. The number of likely N-dealkylation sites (tertiary alicyclic amines) is 1. The molecule has 0 bridgehead atoms. The molecule has 1 fully saturated rings. The highest BCUT2D eigenvalue weighted by Gasteiger charge is 2.39. The number of rotatable bonds is 6. The molecule has 0 saturated carbocycles. The number of aromatic nitrogens is 2. The van der Waals surface area contributed by atoms with Crippen LogP contribution in [0.3, 0.4) is 0 Å². The largest absolute Gasteiger partial charge is 0.550 e. The zero-order chi connectivity index (χ0) is 17.8. The summed E-state index contributed by atoms with van der Waals surface area (Å²) in [5.41, 5.74) is 0.889. The van der Waals surface area contributed by atoms with Crippen LogP contribution in [0, 0.1) is 0 Å². The molecule has 8 heteroatoms. The highest BCUT2D eigenvalue weighted by atomic mass is 16.5. The maximum Gasteiger partial charge on any atom is 0.285 e. The van der Waals surface area contributed by atoms with E-state index in [1.54, 1.807) is 0 Å². The molecule has 2 aromatic rings. The number of quaternary nitrogens is 1. The lowest BCUT2D eigenvalue weighted by Crippen LogP contribution is -3.07. The zero-order valence-corrected chi connectivity index (χ0v) is 13.9. The highest BCUT2D eigenvalue weighted by Crippen LogP contribution is 2.21. The van der Waals surface area contributed by atoms with Gasteiger partial charge in [0.25, 0.3) is 5.89 Å². The Morgan fingerprint density at radius 3 is 2.80 bits per heavy atom. The standard InChI is InChI=1S/C17H20N4O4/c1-21-10-12(18-14(22)7-8-15(23)24)9-13(21)17-19-16(20-25-17)11-5-3-2-4-6-11/h2-6,12-13H,7-10H2,1H3,(H,18,22)(H,23,24)/t12-,13-/m0/s1. The third-order valence-electron chi connectivity index (χ3n) is 4.38. The second kappa shape index (κ2) is 7.43. The van der Waals surface area contributed by atoms with Gasteiger partial charge in [-0.25, -0.2) is 0 Å². The first-order valence-electron chi connectivity index (χ1n) is 8.23. The third-order valence-corrected chi connectivity index (χ3v) is 4.38. The van der Waals surface area contributed by atoms with E-state index in [0.29, 0.717) is 24.7 Å². The number of carboxylic acid groups (broad SMARTS) is 1. The number of aliphatic carboxylic acids is 1. The van der Waals surface area contributed by atoms with Crippen molar-refractivity contribution in [2.45, 2.75) is 31.3 Å². The molecule has 132 valence electrons. The van der Waals surface area contributed by atoms with E-state index in [2.05, 4.69) is 15.5 Å². The van der Waals surface area contributed by atoms with E-state index in [-0.39, 0.29) is 30.8 Å². The van der Waals surface area contributed by atoms with Gasteiger partial charge in [0.1, 0.15) is 0 Å². The molecule has 25 heavy (non-hydrogen) atoms. The fourth-order valence-electron chi connectivity index (χ4n) is 3.12. The molecular weight excluding hydrogens is 324 g/mol.